The van der Waals surface area contributed by atoms with Crippen molar-refractivity contribution in [3.8, 4) is 0 Å². The molecule has 0 saturated carbocycles. The molecule has 0 aliphatic carbocycles. The second-order valence-corrected chi connectivity index (χ2v) is 5.28. The van der Waals surface area contributed by atoms with Crippen LogP contribution in [0.5, 0.6) is 0 Å². The van der Waals surface area contributed by atoms with Gasteiger partial charge in [-0.3, -0.25) is 9.78 Å². The van der Waals surface area contributed by atoms with E-state index in [4.69, 9.17) is 0 Å². The summed E-state index contributed by atoms with van der Waals surface area (Å²) >= 11 is 3.44. The molecule has 0 atom stereocenters. The fraction of sp³-hybridized carbons (Fsp3) is 0.200. The lowest BCUT2D eigenvalue weighted by atomic mass is 10.1. The van der Waals surface area contributed by atoms with Crippen molar-refractivity contribution in [2.24, 2.45) is 0 Å². The number of aromatic nitrogens is 1. The highest BCUT2D eigenvalue weighted by Crippen LogP contribution is 2.22. The monoisotopic (exact) mass is 318 g/mol. The molecular formula is C15H15BrN2O. The quantitative estimate of drug-likeness (QED) is 0.930. The molecule has 0 bridgehead atoms. The smallest absolute Gasteiger partial charge is 0.257 e. The highest BCUT2D eigenvalue weighted by Gasteiger charge is 2.09. The molecule has 1 aromatic carbocycles. The van der Waals surface area contributed by atoms with E-state index in [2.05, 4.69) is 33.2 Å². The first kappa shape index (κ1) is 13.7. The molecule has 1 heterocycles. The van der Waals surface area contributed by atoms with Gasteiger partial charge < -0.3 is 5.32 Å². The van der Waals surface area contributed by atoms with Crippen LogP contribution in [0.25, 0.3) is 0 Å². The summed E-state index contributed by atoms with van der Waals surface area (Å²) < 4.78 is 1.01. The van der Waals surface area contributed by atoms with Gasteiger partial charge in [0, 0.05) is 22.6 Å². The van der Waals surface area contributed by atoms with Crippen LogP contribution in [0, 0.1) is 6.92 Å². The maximum absolute atomic E-state index is 12.2. The van der Waals surface area contributed by atoms with Gasteiger partial charge in [0.05, 0.1) is 5.56 Å². The second kappa shape index (κ2) is 5.97. The fourth-order valence-electron chi connectivity index (χ4n) is 1.85. The molecule has 3 nitrogen and oxygen atoms in total. The average molecular weight is 319 g/mol. The van der Waals surface area contributed by atoms with Crippen LogP contribution in [0.2, 0.25) is 0 Å². The zero-order valence-corrected chi connectivity index (χ0v) is 12.5. The molecule has 1 amide bonds. The third-order valence-corrected chi connectivity index (χ3v) is 3.33. The summed E-state index contributed by atoms with van der Waals surface area (Å²) in [6.45, 7) is 3.98. The number of nitrogens with one attached hydrogen (secondary N) is 1. The SMILES string of the molecule is CCc1cc(Br)ccc1NC(=O)c1cncc(C)c1. The largest absolute Gasteiger partial charge is 0.322 e. The van der Waals surface area contributed by atoms with E-state index in [1.165, 1.54) is 0 Å². The molecule has 0 unspecified atom stereocenters. The van der Waals surface area contributed by atoms with Gasteiger partial charge in [-0.25, -0.2) is 0 Å². The highest BCUT2D eigenvalue weighted by molar-refractivity contribution is 9.10. The Kier molecular flexibility index (Phi) is 4.32. The zero-order valence-electron chi connectivity index (χ0n) is 10.9. The van der Waals surface area contributed by atoms with Crippen LogP contribution in [-0.2, 0) is 6.42 Å². The number of anilines is 1. The average Bonchev–Trinajstić information content (AvgIpc) is 2.40. The lowest BCUT2D eigenvalue weighted by molar-refractivity contribution is 0.102. The van der Waals surface area contributed by atoms with Crippen molar-refractivity contribution in [3.05, 3.63) is 57.8 Å². The number of rotatable bonds is 3. The van der Waals surface area contributed by atoms with E-state index < -0.39 is 0 Å². The summed E-state index contributed by atoms with van der Waals surface area (Å²) in [5, 5.41) is 2.93. The number of carbonyl (C=O) groups excluding carboxylic acids is 1. The lowest BCUT2D eigenvalue weighted by Crippen LogP contribution is -2.13. The van der Waals surface area contributed by atoms with Gasteiger partial charge in [-0.05, 0) is 48.7 Å². The molecule has 0 spiro atoms. The van der Waals surface area contributed by atoms with E-state index in [9.17, 15) is 4.79 Å². The molecule has 0 fully saturated rings. The van der Waals surface area contributed by atoms with Crippen molar-refractivity contribution in [1.29, 1.82) is 0 Å². The normalized spacial score (nSPS) is 10.3. The summed E-state index contributed by atoms with van der Waals surface area (Å²) in [4.78, 5) is 16.2. The number of aryl methyl sites for hydroxylation is 2. The van der Waals surface area contributed by atoms with E-state index >= 15 is 0 Å². The van der Waals surface area contributed by atoms with Crippen molar-refractivity contribution in [3.63, 3.8) is 0 Å². The number of halogens is 1. The number of pyridine rings is 1. The second-order valence-electron chi connectivity index (χ2n) is 4.36. The maximum Gasteiger partial charge on any atom is 0.257 e. The van der Waals surface area contributed by atoms with Crippen molar-refractivity contribution in [2.75, 3.05) is 5.32 Å². The van der Waals surface area contributed by atoms with Crippen LogP contribution in [0.3, 0.4) is 0 Å². The number of amides is 1. The van der Waals surface area contributed by atoms with Gasteiger partial charge >= 0.3 is 0 Å². The van der Waals surface area contributed by atoms with Crippen molar-refractivity contribution in [2.45, 2.75) is 20.3 Å². The number of carbonyl (C=O) groups is 1. The third kappa shape index (κ3) is 3.41. The summed E-state index contributed by atoms with van der Waals surface area (Å²) in [6.07, 6.45) is 4.17. The standard InChI is InChI=1S/C15H15BrN2O/c1-3-11-7-13(16)4-5-14(11)18-15(19)12-6-10(2)8-17-9-12/h4-9H,3H2,1-2H3,(H,18,19). The minimum absolute atomic E-state index is 0.131. The Balaban J connectivity index is 2.24. The summed E-state index contributed by atoms with van der Waals surface area (Å²) in [7, 11) is 0. The molecule has 4 heteroatoms. The van der Waals surface area contributed by atoms with Gasteiger partial charge in [0.25, 0.3) is 5.91 Å². The molecule has 98 valence electrons. The molecule has 2 aromatic rings. The van der Waals surface area contributed by atoms with Crippen molar-refractivity contribution in [1.82, 2.24) is 4.98 Å². The number of hydrogen-bond acceptors (Lipinski definition) is 2. The van der Waals surface area contributed by atoms with Crippen LogP contribution in [0.1, 0.15) is 28.4 Å². The van der Waals surface area contributed by atoms with E-state index in [1.54, 1.807) is 12.4 Å². The topological polar surface area (TPSA) is 42.0 Å². The molecule has 19 heavy (non-hydrogen) atoms. The number of hydrogen-bond donors (Lipinski definition) is 1. The number of benzene rings is 1. The van der Waals surface area contributed by atoms with Gasteiger partial charge in [0.1, 0.15) is 0 Å². The minimum atomic E-state index is -0.131. The van der Waals surface area contributed by atoms with Crippen LogP contribution < -0.4 is 5.32 Å². The van der Waals surface area contributed by atoms with Gasteiger partial charge in [-0.2, -0.15) is 0 Å². The Morgan fingerprint density at radius 1 is 1.32 bits per heavy atom. The van der Waals surface area contributed by atoms with E-state index in [0.717, 1.165) is 27.7 Å². The van der Waals surface area contributed by atoms with E-state index in [-0.39, 0.29) is 5.91 Å². The van der Waals surface area contributed by atoms with E-state index in [0.29, 0.717) is 5.56 Å². The first-order valence-electron chi connectivity index (χ1n) is 6.11. The molecule has 2 rings (SSSR count). The summed E-state index contributed by atoms with van der Waals surface area (Å²) in [5.41, 5.74) is 3.49. The van der Waals surface area contributed by atoms with Crippen LogP contribution >= 0.6 is 15.9 Å². The lowest BCUT2D eigenvalue weighted by Gasteiger charge is -2.10. The molecular weight excluding hydrogens is 304 g/mol. The first-order valence-corrected chi connectivity index (χ1v) is 6.91. The summed E-state index contributed by atoms with van der Waals surface area (Å²) in [5.74, 6) is -0.131. The van der Waals surface area contributed by atoms with Crippen LogP contribution in [0.15, 0.2) is 41.1 Å². The zero-order chi connectivity index (χ0) is 13.8. The van der Waals surface area contributed by atoms with Crippen molar-refractivity contribution >= 4 is 27.5 Å². The first-order chi connectivity index (χ1) is 9.10. The minimum Gasteiger partial charge on any atom is -0.322 e. The van der Waals surface area contributed by atoms with Gasteiger partial charge in [-0.15, -0.1) is 0 Å². The van der Waals surface area contributed by atoms with Crippen LogP contribution in [0.4, 0.5) is 5.69 Å². The molecule has 0 saturated heterocycles. The predicted molar refractivity (Wildman–Crippen MR) is 80.4 cm³/mol. The third-order valence-electron chi connectivity index (χ3n) is 2.83. The maximum atomic E-state index is 12.2. The number of nitrogens with zero attached hydrogens (tertiary/aromatic N) is 1. The molecule has 0 aliphatic heterocycles. The van der Waals surface area contributed by atoms with Crippen molar-refractivity contribution < 1.29 is 4.79 Å². The molecule has 1 aromatic heterocycles. The highest BCUT2D eigenvalue weighted by atomic mass is 79.9. The molecule has 0 radical (unpaired) electrons. The Hall–Kier alpha value is -1.68. The molecule has 1 N–H and O–H groups in total. The van der Waals surface area contributed by atoms with Gasteiger partial charge in [-0.1, -0.05) is 22.9 Å². The molecule has 0 aliphatic rings. The fourth-order valence-corrected chi connectivity index (χ4v) is 2.26. The Labute approximate surface area is 121 Å². The Morgan fingerprint density at radius 2 is 2.11 bits per heavy atom. The predicted octanol–water partition coefficient (Wildman–Crippen LogP) is 3.97. The van der Waals surface area contributed by atoms with Gasteiger partial charge in [0.2, 0.25) is 0 Å². The Morgan fingerprint density at radius 3 is 2.79 bits per heavy atom. The summed E-state index contributed by atoms with van der Waals surface area (Å²) in [6, 6.07) is 7.67. The van der Waals surface area contributed by atoms with Gasteiger partial charge in [0.15, 0.2) is 0 Å². The van der Waals surface area contributed by atoms with E-state index in [1.807, 2.05) is 31.2 Å². The van der Waals surface area contributed by atoms with Crippen LogP contribution in [-0.4, -0.2) is 10.9 Å². The Bertz CT molecular complexity index is 611.